The van der Waals surface area contributed by atoms with E-state index in [1.54, 1.807) is 25.2 Å². The number of sulfonamides is 1. The summed E-state index contributed by atoms with van der Waals surface area (Å²) in [5, 5.41) is 6.59. The molecule has 1 fully saturated rings. The SMILES string of the molecule is CN=C(NCCCC1CCCC1)NCc1cccc(S(=O)(=O)NCCOC)c1.I. The molecule has 1 aromatic rings. The van der Waals surface area contributed by atoms with Gasteiger partial charge in [0.05, 0.1) is 11.5 Å². The van der Waals surface area contributed by atoms with Crippen LogP contribution in [0.15, 0.2) is 34.2 Å². The molecule has 0 spiro atoms. The molecular weight excluding hydrogens is 503 g/mol. The van der Waals surface area contributed by atoms with Gasteiger partial charge in [-0.05, 0) is 36.5 Å². The summed E-state index contributed by atoms with van der Waals surface area (Å²) in [4.78, 5) is 4.50. The van der Waals surface area contributed by atoms with Crippen molar-refractivity contribution in [3.05, 3.63) is 29.8 Å². The summed E-state index contributed by atoms with van der Waals surface area (Å²) in [7, 11) is -0.248. The minimum atomic E-state index is -3.53. The summed E-state index contributed by atoms with van der Waals surface area (Å²) < 4.78 is 32.0. The van der Waals surface area contributed by atoms with E-state index in [1.807, 2.05) is 6.07 Å². The smallest absolute Gasteiger partial charge is 0.240 e. The average Bonchev–Trinajstić information content (AvgIpc) is 3.21. The molecule has 3 N–H and O–H groups in total. The highest BCUT2D eigenvalue weighted by Crippen LogP contribution is 2.28. The maximum atomic E-state index is 12.3. The van der Waals surface area contributed by atoms with Gasteiger partial charge in [-0.1, -0.05) is 37.8 Å². The standard InChI is InChI=1S/C20H34N4O3S.HI/c1-21-20(22-12-6-10-17-7-3-4-8-17)23-16-18-9-5-11-19(15-18)28(25,26)24-13-14-27-2;/h5,9,11,15,17,24H,3-4,6-8,10,12-14,16H2,1-2H3,(H2,21,22,23);1H. The van der Waals surface area contributed by atoms with Crippen LogP contribution in [0.4, 0.5) is 0 Å². The van der Waals surface area contributed by atoms with Gasteiger partial charge in [0.2, 0.25) is 10.0 Å². The van der Waals surface area contributed by atoms with E-state index in [1.165, 1.54) is 39.2 Å². The second kappa shape index (κ2) is 14.2. The molecule has 0 unspecified atom stereocenters. The molecule has 1 aromatic carbocycles. The van der Waals surface area contributed by atoms with Crippen LogP contribution in [0, 0.1) is 5.92 Å². The van der Waals surface area contributed by atoms with Gasteiger partial charge in [-0.2, -0.15) is 0 Å². The van der Waals surface area contributed by atoms with E-state index in [9.17, 15) is 8.42 Å². The fraction of sp³-hybridized carbons (Fsp3) is 0.650. The van der Waals surface area contributed by atoms with Gasteiger partial charge in [-0.25, -0.2) is 13.1 Å². The number of nitrogens with zero attached hydrogens (tertiary/aromatic N) is 1. The quantitative estimate of drug-likeness (QED) is 0.175. The minimum absolute atomic E-state index is 0. The molecule has 7 nitrogen and oxygen atoms in total. The van der Waals surface area contributed by atoms with Crippen molar-refractivity contribution in [1.29, 1.82) is 0 Å². The maximum Gasteiger partial charge on any atom is 0.240 e. The summed E-state index contributed by atoms with van der Waals surface area (Å²) in [6.45, 7) is 1.99. The highest BCUT2D eigenvalue weighted by Gasteiger charge is 2.15. The molecular formula is C20H35IN4O3S. The van der Waals surface area contributed by atoms with Crippen LogP contribution in [0.1, 0.15) is 44.1 Å². The minimum Gasteiger partial charge on any atom is -0.383 e. The molecule has 0 aliphatic heterocycles. The van der Waals surface area contributed by atoms with Crippen LogP contribution < -0.4 is 15.4 Å². The predicted molar refractivity (Wildman–Crippen MR) is 128 cm³/mol. The summed E-state index contributed by atoms with van der Waals surface area (Å²) in [5.41, 5.74) is 0.878. The molecule has 1 aliphatic carbocycles. The third-order valence-corrected chi connectivity index (χ3v) is 6.51. The van der Waals surface area contributed by atoms with Crippen molar-refractivity contribution in [2.24, 2.45) is 10.9 Å². The van der Waals surface area contributed by atoms with Gasteiger partial charge < -0.3 is 15.4 Å². The molecule has 1 aliphatic rings. The van der Waals surface area contributed by atoms with Gasteiger partial charge in [-0.15, -0.1) is 24.0 Å². The lowest BCUT2D eigenvalue weighted by molar-refractivity contribution is 0.204. The Hall–Kier alpha value is -0.910. The van der Waals surface area contributed by atoms with Crippen LogP contribution in [-0.4, -0.2) is 48.2 Å². The molecule has 166 valence electrons. The lowest BCUT2D eigenvalue weighted by Crippen LogP contribution is -2.37. The Kier molecular flexibility index (Phi) is 12.8. The summed E-state index contributed by atoms with van der Waals surface area (Å²) in [6.07, 6.45) is 7.96. The molecule has 0 amide bonds. The molecule has 0 aromatic heterocycles. The van der Waals surface area contributed by atoms with Crippen molar-refractivity contribution >= 4 is 40.0 Å². The van der Waals surface area contributed by atoms with E-state index in [4.69, 9.17) is 4.74 Å². The Morgan fingerprint density at radius 3 is 2.66 bits per heavy atom. The van der Waals surface area contributed by atoms with E-state index < -0.39 is 10.0 Å². The van der Waals surface area contributed by atoms with Crippen LogP contribution in [0.25, 0.3) is 0 Å². The molecule has 0 saturated heterocycles. The fourth-order valence-electron chi connectivity index (χ4n) is 3.49. The number of benzene rings is 1. The van der Waals surface area contributed by atoms with Crippen molar-refractivity contribution in [2.75, 3.05) is 33.9 Å². The van der Waals surface area contributed by atoms with Crippen LogP contribution >= 0.6 is 24.0 Å². The molecule has 0 radical (unpaired) electrons. The van der Waals surface area contributed by atoms with E-state index in [2.05, 4.69) is 20.3 Å². The highest BCUT2D eigenvalue weighted by atomic mass is 127. The first-order valence-corrected chi connectivity index (χ1v) is 11.6. The topological polar surface area (TPSA) is 91.8 Å². The number of halogens is 1. The van der Waals surface area contributed by atoms with Crippen molar-refractivity contribution in [3.8, 4) is 0 Å². The van der Waals surface area contributed by atoms with Gasteiger partial charge in [0.1, 0.15) is 0 Å². The Labute approximate surface area is 192 Å². The summed E-state index contributed by atoms with van der Waals surface area (Å²) >= 11 is 0. The second-order valence-corrected chi connectivity index (χ2v) is 8.95. The number of ether oxygens (including phenoxy) is 1. The van der Waals surface area contributed by atoms with E-state index in [0.29, 0.717) is 13.2 Å². The van der Waals surface area contributed by atoms with Crippen LogP contribution in [0.2, 0.25) is 0 Å². The molecule has 1 saturated carbocycles. The second-order valence-electron chi connectivity index (χ2n) is 7.18. The first-order chi connectivity index (χ1) is 13.5. The largest absolute Gasteiger partial charge is 0.383 e. The third-order valence-electron chi connectivity index (χ3n) is 5.05. The van der Waals surface area contributed by atoms with Crippen molar-refractivity contribution in [3.63, 3.8) is 0 Å². The van der Waals surface area contributed by atoms with Gasteiger partial charge in [0.25, 0.3) is 0 Å². The first kappa shape index (κ1) is 26.1. The van der Waals surface area contributed by atoms with E-state index in [0.717, 1.165) is 30.4 Å². The van der Waals surface area contributed by atoms with Gasteiger partial charge in [0.15, 0.2) is 5.96 Å². The predicted octanol–water partition coefficient (Wildman–Crippen LogP) is 2.86. The van der Waals surface area contributed by atoms with Crippen LogP contribution in [0.3, 0.4) is 0 Å². The zero-order valence-corrected chi connectivity index (χ0v) is 20.6. The molecule has 0 atom stereocenters. The van der Waals surface area contributed by atoms with Gasteiger partial charge in [-0.3, -0.25) is 4.99 Å². The lowest BCUT2D eigenvalue weighted by atomic mass is 10.0. The maximum absolute atomic E-state index is 12.3. The summed E-state index contributed by atoms with van der Waals surface area (Å²) in [6, 6.07) is 6.92. The highest BCUT2D eigenvalue weighted by molar-refractivity contribution is 14.0. The average molecular weight is 538 g/mol. The monoisotopic (exact) mass is 538 g/mol. The zero-order chi connectivity index (χ0) is 20.2. The van der Waals surface area contributed by atoms with Gasteiger partial charge >= 0.3 is 0 Å². The van der Waals surface area contributed by atoms with Crippen LogP contribution in [0.5, 0.6) is 0 Å². The molecule has 0 bridgehead atoms. The lowest BCUT2D eigenvalue weighted by Gasteiger charge is -2.14. The number of rotatable bonds is 11. The number of nitrogens with one attached hydrogen (secondary N) is 3. The number of hydrogen-bond acceptors (Lipinski definition) is 4. The molecule has 2 rings (SSSR count). The zero-order valence-electron chi connectivity index (χ0n) is 17.4. The first-order valence-electron chi connectivity index (χ1n) is 10.1. The van der Waals surface area contributed by atoms with E-state index >= 15 is 0 Å². The molecule has 9 heteroatoms. The Morgan fingerprint density at radius 1 is 1.21 bits per heavy atom. The van der Waals surface area contributed by atoms with Crippen molar-refractivity contribution in [2.45, 2.75) is 50.0 Å². The van der Waals surface area contributed by atoms with E-state index in [-0.39, 0.29) is 35.4 Å². The van der Waals surface area contributed by atoms with Gasteiger partial charge in [0, 0.05) is 33.8 Å². The Bertz CT molecular complexity index is 722. The number of aliphatic imine (C=N–C) groups is 1. The molecule has 0 heterocycles. The Morgan fingerprint density at radius 2 is 1.97 bits per heavy atom. The fourth-order valence-corrected chi connectivity index (χ4v) is 4.57. The number of hydrogen-bond donors (Lipinski definition) is 3. The third kappa shape index (κ3) is 9.63. The normalized spacial score (nSPS) is 15.2. The number of methoxy groups -OCH3 is 1. The Balaban J connectivity index is 0.00000420. The molecule has 29 heavy (non-hydrogen) atoms. The van der Waals surface area contributed by atoms with Crippen LogP contribution in [-0.2, 0) is 21.3 Å². The number of guanidine groups is 1. The van der Waals surface area contributed by atoms with Crippen molar-refractivity contribution in [1.82, 2.24) is 15.4 Å². The summed E-state index contributed by atoms with van der Waals surface area (Å²) in [5.74, 6) is 1.64. The van der Waals surface area contributed by atoms with Crippen molar-refractivity contribution < 1.29 is 13.2 Å².